The maximum absolute atomic E-state index is 15.1. The average molecular weight is 569 g/mol. The number of hydrogen-bond acceptors (Lipinski definition) is 7. The zero-order chi connectivity index (χ0) is 29.3. The van der Waals surface area contributed by atoms with Gasteiger partial charge in [-0.05, 0) is 43.4 Å². The molecule has 1 aromatic rings. The molecule has 11 heteroatoms. The summed E-state index contributed by atoms with van der Waals surface area (Å²) in [5.74, 6) is 0.544. The molecule has 3 aliphatic carbocycles. The normalized spacial score (nSPS) is 33.2. The Balaban J connectivity index is 1.22. The number of rotatable bonds is 8. The van der Waals surface area contributed by atoms with Gasteiger partial charge in [-0.2, -0.15) is 0 Å². The van der Waals surface area contributed by atoms with Gasteiger partial charge in [-0.15, -0.1) is 0 Å². The molecule has 222 valence electrons. The van der Waals surface area contributed by atoms with E-state index < -0.39 is 29.3 Å². The van der Waals surface area contributed by atoms with Crippen molar-refractivity contribution in [2.24, 2.45) is 5.92 Å². The van der Waals surface area contributed by atoms with Crippen LogP contribution in [0.3, 0.4) is 0 Å². The van der Waals surface area contributed by atoms with Crippen LogP contribution in [0.4, 0.5) is 4.79 Å². The standard InChI is InChI=1S/C30H40N4O7/c1-17(32-18(2)35)27(37)31-12-13-33(3)28(38)40-22-8-7-20-15-23-30(39)10-9-21(36)26-29(30,24(20)25(22)41-26)11-14-34(23,4)16-19-5-6-19/h7-8,17,19,23,26H,5-6,9-16H2,1-4H3,(H,31,37)(H,32,35)/t17-,23+,26-,29-,30+,34?/m0/s1. The first kappa shape index (κ1) is 28.0. The Morgan fingerprint density at radius 2 is 2.02 bits per heavy atom. The lowest BCUT2D eigenvalue weighted by Gasteiger charge is -2.70. The van der Waals surface area contributed by atoms with Crippen LogP contribution in [0.5, 0.6) is 11.5 Å². The predicted octanol–water partition coefficient (Wildman–Crippen LogP) is 0.404. The lowest BCUT2D eigenvalue weighted by Crippen LogP contribution is -2.85. The van der Waals surface area contributed by atoms with Crippen molar-refractivity contribution in [1.82, 2.24) is 15.5 Å². The molecule has 0 aromatic heterocycles. The fourth-order valence-electron chi connectivity index (χ4n) is 8.11. The fourth-order valence-corrected chi connectivity index (χ4v) is 8.11. The van der Waals surface area contributed by atoms with E-state index in [0.717, 1.165) is 28.7 Å². The third kappa shape index (κ3) is 4.31. The number of nitrogens with one attached hydrogen (secondary N) is 2. The summed E-state index contributed by atoms with van der Waals surface area (Å²) < 4.78 is 12.9. The molecular weight excluding hydrogens is 528 g/mol. The summed E-state index contributed by atoms with van der Waals surface area (Å²) in [6, 6.07) is 2.84. The summed E-state index contributed by atoms with van der Waals surface area (Å²) >= 11 is 0. The number of likely N-dealkylation sites (tertiary alicyclic amines) is 1. The minimum absolute atomic E-state index is 0.0452. The van der Waals surface area contributed by atoms with Crippen molar-refractivity contribution in [1.29, 1.82) is 0 Å². The summed E-state index contributed by atoms with van der Waals surface area (Å²) in [5, 5.41) is 20.3. The van der Waals surface area contributed by atoms with Crippen LogP contribution >= 0.6 is 0 Å². The summed E-state index contributed by atoms with van der Waals surface area (Å²) in [6.45, 7) is 5.10. The number of ketones is 1. The number of piperidine rings is 1. The van der Waals surface area contributed by atoms with E-state index in [1.165, 1.54) is 24.7 Å². The second kappa shape index (κ2) is 9.69. The minimum atomic E-state index is -1.32. The molecule has 2 N–H and O–H groups in total. The predicted molar refractivity (Wildman–Crippen MR) is 145 cm³/mol. The molecule has 3 amide bonds. The van der Waals surface area contributed by atoms with Gasteiger partial charge < -0.3 is 34.6 Å². The highest BCUT2D eigenvalue weighted by atomic mass is 16.6. The molecule has 3 fully saturated rings. The second-order valence-corrected chi connectivity index (χ2v) is 13.1. The van der Waals surface area contributed by atoms with Gasteiger partial charge in [0.1, 0.15) is 6.04 Å². The Kier molecular flexibility index (Phi) is 6.61. The molecule has 1 saturated heterocycles. The van der Waals surface area contributed by atoms with E-state index in [0.29, 0.717) is 30.9 Å². The smallest absolute Gasteiger partial charge is 0.415 e. The number of quaternary nitrogens is 1. The van der Waals surface area contributed by atoms with Crippen molar-refractivity contribution in [3.05, 3.63) is 23.3 Å². The van der Waals surface area contributed by atoms with Crippen LogP contribution in [0.1, 0.15) is 57.1 Å². The van der Waals surface area contributed by atoms with E-state index in [1.54, 1.807) is 20.0 Å². The SMILES string of the molecule is CC(=O)N[C@@H](C)C(=O)NCCN(C)C(=O)Oc1ccc2c3c1O[C@H]1C(=O)CC[C@@]4([O-])[C@@H](C2)[N+](C)(CC2CC2)CC[C@]314. The van der Waals surface area contributed by atoms with Crippen LogP contribution in [0, 0.1) is 5.92 Å². The van der Waals surface area contributed by atoms with Crippen molar-refractivity contribution in [3.63, 3.8) is 0 Å². The summed E-state index contributed by atoms with van der Waals surface area (Å²) in [6.07, 6.45) is 2.70. The molecule has 2 heterocycles. The van der Waals surface area contributed by atoms with E-state index in [9.17, 15) is 19.2 Å². The largest absolute Gasteiger partial charge is 0.844 e. The monoisotopic (exact) mass is 568 g/mol. The lowest BCUT2D eigenvalue weighted by atomic mass is 9.48. The molecule has 6 rings (SSSR count). The number of ether oxygens (including phenoxy) is 2. The second-order valence-electron chi connectivity index (χ2n) is 13.1. The van der Waals surface area contributed by atoms with Gasteiger partial charge in [0.05, 0.1) is 26.2 Å². The van der Waals surface area contributed by atoms with Crippen LogP contribution in [-0.2, 0) is 26.2 Å². The first-order chi connectivity index (χ1) is 19.4. The van der Waals surface area contributed by atoms with Crippen molar-refractivity contribution < 1.29 is 38.2 Å². The Morgan fingerprint density at radius 3 is 2.73 bits per heavy atom. The number of likely N-dealkylation sites (N-methyl/N-ethyl adjacent to an activating group) is 2. The zero-order valence-corrected chi connectivity index (χ0v) is 24.3. The van der Waals surface area contributed by atoms with E-state index in [4.69, 9.17) is 9.47 Å². The van der Waals surface area contributed by atoms with E-state index in [1.807, 2.05) is 6.07 Å². The first-order valence-corrected chi connectivity index (χ1v) is 14.8. The quantitative estimate of drug-likeness (QED) is 0.433. The number of nitrogens with zero attached hydrogens (tertiary/aromatic N) is 2. The van der Waals surface area contributed by atoms with Gasteiger partial charge in [0.15, 0.2) is 23.4 Å². The van der Waals surface area contributed by atoms with Gasteiger partial charge in [0, 0.05) is 63.2 Å². The van der Waals surface area contributed by atoms with Crippen molar-refractivity contribution in [2.45, 2.75) is 81.6 Å². The van der Waals surface area contributed by atoms with Crippen LogP contribution in [0.25, 0.3) is 0 Å². The highest BCUT2D eigenvalue weighted by Crippen LogP contribution is 2.65. The average Bonchev–Trinajstić information content (AvgIpc) is 3.64. The highest BCUT2D eigenvalue weighted by Gasteiger charge is 2.71. The molecule has 1 aromatic carbocycles. The summed E-state index contributed by atoms with van der Waals surface area (Å²) in [5.41, 5.74) is -0.456. The van der Waals surface area contributed by atoms with Gasteiger partial charge in [-0.1, -0.05) is 6.07 Å². The van der Waals surface area contributed by atoms with Crippen molar-refractivity contribution in [2.75, 3.05) is 40.3 Å². The maximum Gasteiger partial charge on any atom is 0.415 e. The molecule has 1 spiro atoms. The molecule has 2 aliphatic heterocycles. The molecule has 5 aliphatic rings. The third-order valence-electron chi connectivity index (χ3n) is 10.3. The van der Waals surface area contributed by atoms with E-state index >= 15 is 5.11 Å². The zero-order valence-electron chi connectivity index (χ0n) is 24.3. The number of amides is 3. The van der Waals surface area contributed by atoms with Crippen molar-refractivity contribution >= 4 is 23.7 Å². The van der Waals surface area contributed by atoms with Gasteiger partial charge in [0.2, 0.25) is 11.8 Å². The molecular formula is C30H40N4O7. The molecule has 1 unspecified atom stereocenters. The Bertz CT molecular complexity index is 1310. The van der Waals surface area contributed by atoms with E-state index in [2.05, 4.69) is 17.7 Å². The molecule has 2 saturated carbocycles. The molecule has 2 bridgehead atoms. The van der Waals surface area contributed by atoms with Crippen molar-refractivity contribution in [3.8, 4) is 11.5 Å². The Labute approximate surface area is 240 Å². The number of benzene rings is 1. The minimum Gasteiger partial charge on any atom is -0.844 e. The Morgan fingerprint density at radius 1 is 1.27 bits per heavy atom. The van der Waals surface area contributed by atoms with Gasteiger partial charge in [-0.3, -0.25) is 14.4 Å². The number of Topliss-reactive ketones (excluding diaryl/α,β-unsaturated/α-hetero) is 1. The molecule has 0 radical (unpaired) electrons. The van der Waals surface area contributed by atoms with Crippen LogP contribution in [0.15, 0.2) is 12.1 Å². The number of hydrogen-bond donors (Lipinski definition) is 2. The van der Waals surface area contributed by atoms with Gasteiger partial charge in [-0.25, -0.2) is 4.79 Å². The molecule has 41 heavy (non-hydrogen) atoms. The summed E-state index contributed by atoms with van der Waals surface area (Å²) in [4.78, 5) is 51.0. The van der Waals surface area contributed by atoms with Crippen LogP contribution in [0.2, 0.25) is 0 Å². The van der Waals surface area contributed by atoms with Crippen LogP contribution < -0.4 is 25.2 Å². The van der Waals surface area contributed by atoms with Gasteiger partial charge in [0.25, 0.3) is 0 Å². The van der Waals surface area contributed by atoms with Crippen LogP contribution in [-0.4, -0.2) is 97.1 Å². The molecule has 11 nitrogen and oxygen atoms in total. The number of carbonyl (C=O) groups is 4. The highest BCUT2D eigenvalue weighted by molar-refractivity contribution is 5.90. The lowest BCUT2D eigenvalue weighted by molar-refractivity contribution is -0.960. The number of carbonyl (C=O) groups excluding carboxylic acids is 4. The third-order valence-corrected chi connectivity index (χ3v) is 10.3. The maximum atomic E-state index is 15.1. The first-order valence-electron chi connectivity index (χ1n) is 14.8. The summed E-state index contributed by atoms with van der Waals surface area (Å²) in [7, 11) is 3.79. The fraction of sp³-hybridized carbons (Fsp3) is 0.667. The van der Waals surface area contributed by atoms with Gasteiger partial charge >= 0.3 is 6.09 Å². The van der Waals surface area contributed by atoms with E-state index in [-0.39, 0.29) is 48.9 Å². The topological polar surface area (TPSA) is 137 Å². The molecule has 6 atom stereocenters. The Hall–Kier alpha value is -3.18.